The van der Waals surface area contributed by atoms with E-state index in [0.717, 1.165) is 28.0 Å². The van der Waals surface area contributed by atoms with E-state index < -0.39 is 0 Å². The van der Waals surface area contributed by atoms with E-state index in [1.54, 1.807) is 22.7 Å². The zero-order valence-corrected chi connectivity index (χ0v) is 14.3. The molecule has 0 saturated heterocycles. The van der Waals surface area contributed by atoms with Crippen LogP contribution in [0.1, 0.15) is 34.7 Å². The summed E-state index contributed by atoms with van der Waals surface area (Å²) in [7, 11) is 0. The normalized spacial score (nSPS) is 12.9. The topological polar surface area (TPSA) is 12.0 Å². The van der Waals surface area contributed by atoms with E-state index in [0.29, 0.717) is 0 Å². The lowest BCUT2D eigenvalue weighted by Gasteiger charge is -2.17. The van der Waals surface area contributed by atoms with E-state index >= 15 is 0 Å². The Labute approximate surface area is 129 Å². The van der Waals surface area contributed by atoms with Crippen molar-refractivity contribution in [2.24, 2.45) is 0 Å². The summed E-state index contributed by atoms with van der Waals surface area (Å²) >= 11 is 13.5. The van der Waals surface area contributed by atoms with Gasteiger partial charge in [-0.25, -0.2) is 0 Å². The van der Waals surface area contributed by atoms with E-state index in [1.165, 1.54) is 9.75 Å². The van der Waals surface area contributed by atoms with E-state index in [4.69, 9.17) is 11.6 Å². The quantitative estimate of drug-likeness (QED) is 0.725. The van der Waals surface area contributed by atoms with E-state index in [2.05, 4.69) is 51.9 Å². The molecule has 0 saturated carbocycles. The Morgan fingerprint density at radius 3 is 2.67 bits per heavy atom. The Bertz CT molecular complexity index is 521. The van der Waals surface area contributed by atoms with Crippen molar-refractivity contribution in [3.63, 3.8) is 0 Å². The zero-order valence-electron chi connectivity index (χ0n) is 10.3. The first-order valence-corrected chi connectivity index (χ1v) is 8.78. The van der Waals surface area contributed by atoms with Crippen molar-refractivity contribution >= 4 is 50.2 Å². The molecule has 1 unspecified atom stereocenters. The molecule has 0 bridgehead atoms. The molecule has 98 valence electrons. The zero-order chi connectivity index (χ0) is 13.1. The lowest BCUT2D eigenvalue weighted by atomic mass is 10.1. The van der Waals surface area contributed by atoms with Crippen molar-refractivity contribution in [2.45, 2.75) is 26.3 Å². The Hall–Kier alpha value is 0.130. The molecular weight excluding hydrogens is 350 g/mol. The van der Waals surface area contributed by atoms with Crippen molar-refractivity contribution in [3.05, 3.63) is 41.6 Å². The van der Waals surface area contributed by atoms with Gasteiger partial charge in [0.1, 0.15) is 0 Å². The average molecular weight is 365 g/mol. The van der Waals surface area contributed by atoms with Crippen molar-refractivity contribution in [1.29, 1.82) is 0 Å². The molecule has 5 heteroatoms. The molecule has 0 aliphatic carbocycles. The first-order valence-electron chi connectivity index (χ1n) is 5.84. The molecule has 2 aromatic heterocycles. The van der Waals surface area contributed by atoms with Gasteiger partial charge >= 0.3 is 0 Å². The van der Waals surface area contributed by atoms with Crippen LogP contribution in [0.15, 0.2) is 21.3 Å². The second-order valence-electron chi connectivity index (χ2n) is 4.12. The van der Waals surface area contributed by atoms with Crippen LogP contribution in [0.5, 0.6) is 0 Å². The highest BCUT2D eigenvalue weighted by atomic mass is 79.9. The largest absolute Gasteiger partial charge is 0.305 e. The molecule has 1 atom stereocenters. The van der Waals surface area contributed by atoms with Crippen molar-refractivity contribution in [2.75, 3.05) is 6.54 Å². The summed E-state index contributed by atoms with van der Waals surface area (Å²) in [5.41, 5.74) is 1.16. The molecule has 0 aliphatic heterocycles. The molecule has 1 N–H and O–H groups in total. The highest BCUT2D eigenvalue weighted by molar-refractivity contribution is 9.10. The second kappa shape index (κ2) is 6.53. The van der Waals surface area contributed by atoms with E-state index in [1.807, 2.05) is 0 Å². The molecule has 0 amide bonds. The summed E-state index contributed by atoms with van der Waals surface area (Å²) in [5, 5.41) is 8.72. The van der Waals surface area contributed by atoms with Gasteiger partial charge in [-0.1, -0.05) is 18.5 Å². The van der Waals surface area contributed by atoms with Gasteiger partial charge in [-0.15, -0.1) is 22.7 Å². The van der Waals surface area contributed by atoms with Crippen LogP contribution in [-0.2, 0) is 0 Å². The summed E-state index contributed by atoms with van der Waals surface area (Å²) in [6.45, 7) is 5.22. The van der Waals surface area contributed by atoms with Gasteiger partial charge in [0.2, 0.25) is 0 Å². The number of aryl methyl sites for hydroxylation is 1. The fourth-order valence-corrected chi connectivity index (χ4v) is 4.89. The molecule has 0 aliphatic rings. The number of nitrogens with one attached hydrogen (secondary N) is 1. The summed E-state index contributed by atoms with van der Waals surface area (Å²) < 4.78 is 1.16. The Balaban J connectivity index is 2.37. The van der Waals surface area contributed by atoms with Gasteiger partial charge in [0.15, 0.2) is 0 Å². The van der Waals surface area contributed by atoms with E-state index in [9.17, 15) is 0 Å². The molecule has 1 nitrogen and oxygen atoms in total. The molecule has 2 heterocycles. The van der Waals surface area contributed by atoms with Crippen LogP contribution in [0.4, 0.5) is 0 Å². The lowest BCUT2D eigenvalue weighted by Crippen LogP contribution is -2.22. The van der Waals surface area contributed by atoms with Crippen LogP contribution in [0.25, 0.3) is 0 Å². The minimum atomic E-state index is 0.200. The average Bonchev–Trinajstić information content (AvgIpc) is 2.91. The minimum Gasteiger partial charge on any atom is -0.305 e. The molecule has 0 aromatic carbocycles. The summed E-state index contributed by atoms with van der Waals surface area (Å²) in [6.07, 6.45) is 1.11. The van der Waals surface area contributed by atoms with Gasteiger partial charge < -0.3 is 5.32 Å². The summed E-state index contributed by atoms with van der Waals surface area (Å²) in [6, 6.07) is 2.29. The molecule has 2 aromatic rings. The highest BCUT2D eigenvalue weighted by Crippen LogP contribution is 2.40. The van der Waals surface area contributed by atoms with E-state index in [-0.39, 0.29) is 6.04 Å². The Kier molecular flexibility index (Phi) is 5.27. The molecular formula is C13H15BrClNS2. The maximum atomic E-state index is 6.41. The Morgan fingerprint density at radius 1 is 1.39 bits per heavy atom. The number of hydrogen-bond acceptors (Lipinski definition) is 3. The van der Waals surface area contributed by atoms with Crippen LogP contribution in [0.2, 0.25) is 5.02 Å². The molecule has 18 heavy (non-hydrogen) atoms. The fraction of sp³-hybridized carbons (Fsp3) is 0.385. The van der Waals surface area contributed by atoms with Crippen molar-refractivity contribution in [3.8, 4) is 0 Å². The molecule has 0 fully saturated rings. The first-order chi connectivity index (χ1) is 8.65. The van der Waals surface area contributed by atoms with Gasteiger partial charge in [-0.3, -0.25) is 0 Å². The van der Waals surface area contributed by atoms with Crippen molar-refractivity contribution < 1.29 is 0 Å². The fourth-order valence-electron chi connectivity index (χ4n) is 1.75. The van der Waals surface area contributed by atoms with Crippen LogP contribution < -0.4 is 5.32 Å². The van der Waals surface area contributed by atoms with Gasteiger partial charge in [-0.2, -0.15) is 0 Å². The van der Waals surface area contributed by atoms with Crippen LogP contribution >= 0.6 is 50.2 Å². The number of thiophene rings is 2. The number of rotatable bonds is 5. The Morgan fingerprint density at radius 2 is 2.17 bits per heavy atom. The van der Waals surface area contributed by atoms with Gasteiger partial charge in [-0.05, 0) is 58.2 Å². The van der Waals surface area contributed by atoms with Gasteiger partial charge in [0.05, 0.1) is 11.1 Å². The predicted octanol–water partition coefficient (Wildman–Crippen LogP) is 5.62. The third-order valence-electron chi connectivity index (χ3n) is 2.69. The maximum absolute atomic E-state index is 6.41. The lowest BCUT2D eigenvalue weighted by molar-refractivity contribution is 0.611. The highest BCUT2D eigenvalue weighted by Gasteiger charge is 2.22. The van der Waals surface area contributed by atoms with Crippen LogP contribution in [-0.4, -0.2) is 6.54 Å². The maximum Gasteiger partial charge on any atom is 0.0791 e. The number of hydrogen-bond donors (Lipinski definition) is 1. The van der Waals surface area contributed by atoms with Crippen LogP contribution in [0, 0.1) is 6.92 Å². The first kappa shape index (κ1) is 14.5. The molecule has 0 spiro atoms. The van der Waals surface area contributed by atoms with Gasteiger partial charge in [0, 0.05) is 14.2 Å². The second-order valence-corrected chi connectivity index (χ2v) is 7.21. The summed E-state index contributed by atoms with van der Waals surface area (Å²) in [4.78, 5) is 2.51. The molecule has 0 radical (unpaired) electrons. The minimum absolute atomic E-state index is 0.200. The number of halogens is 2. The SMILES string of the molecule is CCCNC(c1sccc1Br)c1scc(C)c1Cl. The monoisotopic (exact) mass is 363 g/mol. The summed E-state index contributed by atoms with van der Waals surface area (Å²) in [5.74, 6) is 0. The predicted molar refractivity (Wildman–Crippen MR) is 86.2 cm³/mol. The van der Waals surface area contributed by atoms with Crippen LogP contribution in [0.3, 0.4) is 0 Å². The van der Waals surface area contributed by atoms with Crippen molar-refractivity contribution in [1.82, 2.24) is 5.32 Å². The molecule has 2 rings (SSSR count). The van der Waals surface area contributed by atoms with Gasteiger partial charge in [0.25, 0.3) is 0 Å². The third-order valence-corrected chi connectivity index (χ3v) is 6.41. The smallest absolute Gasteiger partial charge is 0.0791 e. The standard InChI is InChI=1S/C13H15BrClNS2/c1-3-5-16-11(12-9(14)4-6-17-12)13-10(15)8(2)7-18-13/h4,6-7,11,16H,3,5H2,1-2H3. The third kappa shape index (κ3) is 2.99.